The van der Waals surface area contributed by atoms with Crippen molar-refractivity contribution in [3.05, 3.63) is 54.4 Å². The van der Waals surface area contributed by atoms with Gasteiger partial charge in [-0.05, 0) is 36.4 Å². The summed E-state index contributed by atoms with van der Waals surface area (Å²) in [5.41, 5.74) is 1.91. The number of nitrogens with zero attached hydrogens (tertiary/aromatic N) is 1. The van der Waals surface area contributed by atoms with Crippen molar-refractivity contribution < 1.29 is 9.59 Å². The maximum absolute atomic E-state index is 12.0. The first-order valence-corrected chi connectivity index (χ1v) is 6.68. The van der Waals surface area contributed by atoms with E-state index >= 15 is 0 Å². The Morgan fingerprint density at radius 2 is 1.43 bits per heavy atom. The lowest BCUT2D eigenvalue weighted by Crippen LogP contribution is -2.17. The van der Waals surface area contributed by atoms with Crippen LogP contribution < -0.4 is 10.6 Å². The second-order valence-electron chi connectivity index (χ2n) is 4.91. The molecule has 0 unspecified atom stereocenters. The first-order valence-electron chi connectivity index (χ1n) is 6.68. The summed E-state index contributed by atoms with van der Waals surface area (Å²) >= 11 is 0. The quantitative estimate of drug-likeness (QED) is 0.906. The van der Waals surface area contributed by atoms with Crippen molar-refractivity contribution in [1.29, 1.82) is 0 Å². The predicted molar refractivity (Wildman–Crippen MR) is 82.1 cm³/mol. The Morgan fingerprint density at radius 3 is 1.95 bits per heavy atom. The molecule has 1 aromatic heterocycles. The molecule has 0 bridgehead atoms. The molecule has 5 heteroatoms. The van der Waals surface area contributed by atoms with Crippen LogP contribution in [-0.4, -0.2) is 16.8 Å². The summed E-state index contributed by atoms with van der Waals surface area (Å²) in [6, 6.07) is 10.3. The lowest BCUT2D eigenvalue weighted by atomic mass is 10.2. The Kier molecular flexibility index (Phi) is 4.66. The number of carbonyl (C=O) groups is 2. The molecule has 5 nitrogen and oxygen atoms in total. The number of pyridine rings is 1. The highest BCUT2D eigenvalue weighted by Gasteiger charge is 2.08. The molecule has 0 aliphatic heterocycles. The van der Waals surface area contributed by atoms with Gasteiger partial charge in [0.05, 0.1) is 0 Å². The summed E-state index contributed by atoms with van der Waals surface area (Å²) in [5, 5.41) is 5.58. The molecular formula is C16H17N3O2. The first kappa shape index (κ1) is 14.7. The van der Waals surface area contributed by atoms with E-state index in [2.05, 4.69) is 15.6 Å². The number of amides is 2. The van der Waals surface area contributed by atoms with Gasteiger partial charge >= 0.3 is 0 Å². The van der Waals surface area contributed by atoms with Crippen molar-refractivity contribution in [1.82, 2.24) is 4.98 Å². The number of anilines is 2. The van der Waals surface area contributed by atoms with E-state index in [1.165, 1.54) is 0 Å². The van der Waals surface area contributed by atoms with Gasteiger partial charge in [-0.2, -0.15) is 0 Å². The van der Waals surface area contributed by atoms with Gasteiger partial charge < -0.3 is 10.6 Å². The largest absolute Gasteiger partial charge is 0.326 e. The van der Waals surface area contributed by atoms with Gasteiger partial charge in [0.25, 0.3) is 5.91 Å². The molecule has 0 radical (unpaired) electrons. The van der Waals surface area contributed by atoms with E-state index in [1.807, 2.05) is 13.8 Å². The van der Waals surface area contributed by atoms with E-state index in [-0.39, 0.29) is 17.7 Å². The zero-order valence-corrected chi connectivity index (χ0v) is 12.0. The zero-order valence-electron chi connectivity index (χ0n) is 12.0. The second kappa shape index (κ2) is 6.65. The summed E-state index contributed by atoms with van der Waals surface area (Å²) in [6.07, 6.45) is 3.14. The highest BCUT2D eigenvalue weighted by Crippen LogP contribution is 2.15. The molecule has 2 N–H and O–H groups in total. The average molecular weight is 283 g/mol. The third-order valence-electron chi connectivity index (χ3n) is 2.88. The molecule has 0 aliphatic carbocycles. The van der Waals surface area contributed by atoms with Crippen molar-refractivity contribution in [3.8, 4) is 0 Å². The molecule has 0 saturated heterocycles. The molecule has 0 spiro atoms. The van der Waals surface area contributed by atoms with Gasteiger partial charge in [-0.3, -0.25) is 14.6 Å². The van der Waals surface area contributed by atoms with E-state index in [0.717, 1.165) is 0 Å². The van der Waals surface area contributed by atoms with Crippen LogP contribution in [0.15, 0.2) is 48.8 Å². The molecule has 1 heterocycles. The fraction of sp³-hybridized carbons (Fsp3) is 0.188. The van der Waals surface area contributed by atoms with Crippen LogP contribution >= 0.6 is 0 Å². The van der Waals surface area contributed by atoms with Crippen LogP contribution in [0.5, 0.6) is 0 Å². The third kappa shape index (κ3) is 4.14. The van der Waals surface area contributed by atoms with Crippen LogP contribution in [0, 0.1) is 5.92 Å². The number of carbonyl (C=O) groups excluding carboxylic acids is 2. The molecule has 2 amide bonds. The van der Waals surface area contributed by atoms with Crippen molar-refractivity contribution in [2.75, 3.05) is 10.6 Å². The molecule has 0 atom stereocenters. The van der Waals surface area contributed by atoms with Crippen molar-refractivity contribution in [2.45, 2.75) is 13.8 Å². The number of hydrogen-bond donors (Lipinski definition) is 2. The van der Waals surface area contributed by atoms with Crippen molar-refractivity contribution in [3.63, 3.8) is 0 Å². The molecular weight excluding hydrogens is 266 g/mol. The van der Waals surface area contributed by atoms with Crippen LogP contribution in [0.4, 0.5) is 11.4 Å². The lowest BCUT2D eigenvalue weighted by molar-refractivity contribution is -0.118. The third-order valence-corrected chi connectivity index (χ3v) is 2.88. The van der Waals surface area contributed by atoms with Gasteiger partial charge in [0.2, 0.25) is 5.91 Å². The maximum atomic E-state index is 12.0. The van der Waals surface area contributed by atoms with E-state index in [9.17, 15) is 9.59 Å². The Labute approximate surface area is 123 Å². The Balaban J connectivity index is 2.00. The molecule has 1 aromatic carbocycles. The summed E-state index contributed by atoms with van der Waals surface area (Å²) < 4.78 is 0. The Bertz CT molecular complexity index is 622. The molecule has 2 aromatic rings. The number of hydrogen-bond acceptors (Lipinski definition) is 3. The Hall–Kier alpha value is -2.69. The van der Waals surface area contributed by atoms with Crippen LogP contribution in [0.2, 0.25) is 0 Å². The predicted octanol–water partition coefficient (Wildman–Crippen LogP) is 2.93. The van der Waals surface area contributed by atoms with Crippen LogP contribution in [-0.2, 0) is 4.79 Å². The molecule has 0 aliphatic rings. The molecule has 21 heavy (non-hydrogen) atoms. The van der Waals surface area contributed by atoms with Gasteiger partial charge in [0, 0.05) is 35.2 Å². The zero-order chi connectivity index (χ0) is 15.2. The molecule has 2 rings (SSSR count). The van der Waals surface area contributed by atoms with E-state index in [1.54, 1.807) is 48.8 Å². The standard InChI is InChI=1S/C16H17N3O2/c1-11(2)15(20)18-13-3-5-14(6-4-13)19-16(21)12-7-9-17-10-8-12/h3-11H,1-2H3,(H,18,20)(H,19,21). The van der Waals surface area contributed by atoms with Crippen molar-refractivity contribution >= 4 is 23.2 Å². The van der Waals surface area contributed by atoms with Crippen LogP contribution in [0.25, 0.3) is 0 Å². The van der Waals surface area contributed by atoms with Gasteiger partial charge in [0.1, 0.15) is 0 Å². The van der Waals surface area contributed by atoms with Gasteiger partial charge in [-0.25, -0.2) is 0 Å². The molecule has 0 saturated carbocycles. The smallest absolute Gasteiger partial charge is 0.255 e. The topological polar surface area (TPSA) is 71.1 Å². The fourth-order valence-electron chi connectivity index (χ4n) is 1.63. The van der Waals surface area contributed by atoms with Gasteiger partial charge in [-0.1, -0.05) is 13.8 Å². The molecule has 0 fully saturated rings. The van der Waals surface area contributed by atoms with Crippen LogP contribution in [0.3, 0.4) is 0 Å². The highest BCUT2D eigenvalue weighted by atomic mass is 16.2. The summed E-state index contributed by atoms with van der Waals surface area (Å²) in [5.74, 6) is -0.309. The average Bonchev–Trinajstić information content (AvgIpc) is 2.50. The summed E-state index contributed by atoms with van der Waals surface area (Å²) in [6.45, 7) is 3.66. The number of benzene rings is 1. The van der Waals surface area contributed by atoms with Gasteiger partial charge in [0.15, 0.2) is 0 Å². The second-order valence-corrected chi connectivity index (χ2v) is 4.91. The minimum atomic E-state index is -0.198. The Morgan fingerprint density at radius 1 is 0.905 bits per heavy atom. The number of rotatable bonds is 4. The number of nitrogens with one attached hydrogen (secondary N) is 2. The normalized spacial score (nSPS) is 10.2. The summed E-state index contributed by atoms with van der Waals surface area (Å²) in [7, 11) is 0. The fourth-order valence-corrected chi connectivity index (χ4v) is 1.63. The highest BCUT2D eigenvalue weighted by molar-refractivity contribution is 6.04. The first-order chi connectivity index (χ1) is 10.1. The van der Waals surface area contributed by atoms with Gasteiger partial charge in [-0.15, -0.1) is 0 Å². The lowest BCUT2D eigenvalue weighted by Gasteiger charge is -2.09. The summed E-state index contributed by atoms with van der Waals surface area (Å²) in [4.78, 5) is 27.4. The van der Waals surface area contributed by atoms with E-state index < -0.39 is 0 Å². The SMILES string of the molecule is CC(C)C(=O)Nc1ccc(NC(=O)c2ccncc2)cc1. The molecule has 108 valence electrons. The van der Waals surface area contributed by atoms with Crippen molar-refractivity contribution in [2.24, 2.45) is 5.92 Å². The minimum absolute atomic E-state index is 0.0384. The monoisotopic (exact) mass is 283 g/mol. The van der Waals surface area contributed by atoms with E-state index in [4.69, 9.17) is 0 Å². The van der Waals surface area contributed by atoms with E-state index in [0.29, 0.717) is 16.9 Å². The minimum Gasteiger partial charge on any atom is -0.326 e. The van der Waals surface area contributed by atoms with Crippen LogP contribution in [0.1, 0.15) is 24.2 Å². The number of aromatic nitrogens is 1. The maximum Gasteiger partial charge on any atom is 0.255 e.